The Kier molecular flexibility index (Phi) is 2.49. The molecule has 0 unspecified atom stereocenters. The molecule has 2 N–H and O–H groups in total. The van der Waals surface area contributed by atoms with Gasteiger partial charge in [-0.25, -0.2) is 5.21 Å². The van der Waals surface area contributed by atoms with E-state index in [2.05, 4.69) is 12.1 Å². The molecule has 60 valence electrons. The average Bonchev–Trinajstić information content (AvgIpc) is 2.27. The van der Waals surface area contributed by atoms with Crippen LogP contribution in [-0.2, 0) is 13.1 Å². The smallest absolute Gasteiger partial charge is 0.133 e. The third-order valence-electron chi connectivity index (χ3n) is 1.91. The van der Waals surface area contributed by atoms with Crippen molar-refractivity contribution in [3.8, 4) is 0 Å². The van der Waals surface area contributed by atoms with Crippen molar-refractivity contribution >= 4 is 0 Å². The molecular weight excluding hydrogens is 162 g/mol. The van der Waals surface area contributed by atoms with Crippen LogP contribution in [0, 0.1) is 0 Å². The molecule has 1 aliphatic rings. The molecule has 0 saturated carbocycles. The van der Waals surface area contributed by atoms with Gasteiger partial charge in [-0.3, -0.25) is 0 Å². The summed E-state index contributed by atoms with van der Waals surface area (Å²) in [6.45, 7) is 1.52. The molecule has 0 bridgehead atoms. The molecule has 2 nitrogen and oxygen atoms in total. The van der Waals surface area contributed by atoms with Crippen molar-refractivity contribution in [3.05, 3.63) is 35.4 Å². The van der Waals surface area contributed by atoms with Crippen molar-refractivity contribution in [2.24, 2.45) is 0 Å². The maximum absolute atomic E-state index is 9.17. The minimum Gasteiger partial charge on any atom is -1.00 e. The van der Waals surface area contributed by atoms with E-state index in [1.807, 2.05) is 12.1 Å². The van der Waals surface area contributed by atoms with Gasteiger partial charge in [0.25, 0.3) is 0 Å². The first-order valence-corrected chi connectivity index (χ1v) is 3.47. The molecule has 3 heteroatoms. The van der Waals surface area contributed by atoms with E-state index in [4.69, 9.17) is 5.21 Å². The van der Waals surface area contributed by atoms with Crippen LogP contribution in [0.4, 0.5) is 0 Å². The van der Waals surface area contributed by atoms with Gasteiger partial charge < -0.3 is 12.4 Å². The van der Waals surface area contributed by atoms with Crippen LogP contribution in [0.1, 0.15) is 11.1 Å². The largest absolute Gasteiger partial charge is 1.00 e. The summed E-state index contributed by atoms with van der Waals surface area (Å²) >= 11 is 0. The van der Waals surface area contributed by atoms with Crippen molar-refractivity contribution in [3.63, 3.8) is 0 Å². The topological polar surface area (TPSA) is 24.7 Å². The second-order valence-electron chi connectivity index (χ2n) is 2.69. The van der Waals surface area contributed by atoms with E-state index >= 15 is 0 Å². The summed E-state index contributed by atoms with van der Waals surface area (Å²) in [5.74, 6) is 0. The van der Waals surface area contributed by atoms with E-state index in [9.17, 15) is 0 Å². The van der Waals surface area contributed by atoms with Gasteiger partial charge in [-0.1, -0.05) is 24.3 Å². The molecule has 0 fully saturated rings. The molecular formula is C8H10ClNO. The van der Waals surface area contributed by atoms with E-state index < -0.39 is 0 Å². The lowest BCUT2D eigenvalue weighted by Gasteiger charge is -1.96. The zero-order chi connectivity index (χ0) is 6.97. The van der Waals surface area contributed by atoms with Crippen LogP contribution in [0.25, 0.3) is 0 Å². The molecule has 11 heavy (non-hydrogen) atoms. The predicted molar refractivity (Wildman–Crippen MR) is 36.6 cm³/mol. The van der Waals surface area contributed by atoms with Crippen LogP contribution in [0.5, 0.6) is 0 Å². The minimum atomic E-state index is 0. The summed E-state index contributed by atoms with van der Waals surface area (Å²) in [6, 6.07) is 8.16. The number of rotatable bonds is 0. The lowest BCUT2D eigenvalue weighted by atomic mass is 10.1. The highest BCUT2D eigenvalue weighted by molar-refractivity contribution is 5.26. The van der Waals surface area contributed by atoms with Gasteiger partial charge in [-0.2, -0.15) is 5.06 Å². The number of nitrogens with one attached hydrogen (secondary N) is 1. The number of fused-ring (bicyclic) bond motifs is 1. The van der Waals surface area contributed by atoms with Gasteiger partial charge in [-0.15, -0.1) is 0 Å². The average molecular weight is 172 g/mol. The van der Waals surface area contributed by atoms with Crippen molar-refractivity contribution in [1.29, 1.82) is 0 Å². The Labute approximate surface area is 71.8 Å². The molecule has 0 amide bonds. The number of benzene rings is 1. The van der Waals surface area contributed by atoms with Crippen LogP contribution < -0.4 is 17.5 Å². The van der Waals surface area contributed by atoms with Crippen molar-refractivity contribution < 1.29 is 22.7 Å². The Morgan fingerprint density at radius 1 is 1.09 bits per heavy atom. The lowest BCUT2D eigenvalue weighted by molar-refractivity contribution is -1.11. The fraction of sp³-hybridized carbons (Fsp3) is 0.250. The highest BCUT2D eigenvalue weighted by Crippen LogP contribution is 2.09. The summed E-state index contributed by atoms with van der Waals surface area (Å²) in [4.78, 5) is 0. The predicted octanol–water partition coefficient (Wildman–Crippen LogP) is -3.02. The number of hydroxylamine groups is 2. The van der Waals surface area contributed by atoms with Gasteiger partial charge in [0.05, 0.1) is 0 Å². The van der Waals surface area contributed by atoms with E-state index in [1.165, 1.54) is 11.1 Å². The Balaban J connectivity index is 0.000000605. The summed E-state index contributed by atoms with van der Waals surface area (Å²) in [6.07, 6.45) is 0. The number of hydrogen-bond acceptors (Lipinski definition) is 1. The van der Waals surface area contributed by atoms with E-state index in [1.54, 1.807) is 0 Å². The van der Waals surface area contributed by atoms with Gasteiger partial charge >= 0.3 is 0 Å². The molecule has 0 saturated heterocycles. The normalized spacial score (nSPS) is 15.7. The SMILES string of the molecule is O[NH+]1Cc2ccccc2C1.[Cl-]. The van der Waals surface area contributed by atoms with Crippen LogP contribution in [0.3, 0.4) is 0 Å². The highest BCUT2D eigenvalue weighted by Gasteiger charge is 2.19. The summed E-state index contributed by atoms with van der Waals surface area (Å²) in [7, 11) is 0. The Morgan fingerprint density at radius 3 is 2.00 bits per heavy atom. The maximum atomic E-state index is 9.17. The maximum Gasteiger partial charge on any atom is 0.133 e. The molecule has 2 rings (SSSR count). The van der Waals surface area contributed by atoms with Crippen LogP contribution in [0.2, 0.25) is 0 Å². The zero-order valence-corrected chi connectivity index (χ0v) is 6.80. The van der Waals surface area contributed by atoms with Crippen LogP contribution in [0.15, 0.2) is 24.3 Å². The highest BCUT2D eigenvalue weighted by atomic mass is 35.5. The quantitative estimate of drug-likeness (QED) is 0.427. The number of halogens is 1. The molecule has 0 atom stereocenters. The van der Waals surface area contributed by atoms with Gasteiger partial charge in [-0.05, 0) is 0 Å². The molecule has 1 aliphatic heterocycles. The van der Waals surface area contributed by atoms with Crippen molar-refractivity contribution in [1.82, 2.24) is 0 Å². The van der Waals surface area contributed by atoms with Gasteiger partial charge in [0.15, 0.2) is 0 Å². The van der Waals surface area contributed by atoms with E-state index in [0.717, 1.165) is 13.1 Å². The fourth-order valence-corrected chi connectivity index (χ4v) is 1.40. The first kappa shape index (κ1) is 8.53. The van der Waals surface area contributed by atoms with Crippen molar-refractivity contribution in [2.75, 3.05) is 0 Å². The summed E-state index contributed by atoms with van der Waals surface area (Å²) in [5.41, 5.74) is 2.56. The number of quaternary nitrogens is 1. The Hall–Kier alpha value is -0.570. The standard InChI is InChI=1S/C8H9NO.ClH/c10-9-5-7-3-1-2-4-8(7)6-9;/h1-4,10H,5-6H2;1H. The monoisotopic (exact) mass is 171 g/mol. The molecule has 0 aromatic heterocycles. The minimum absolute atomic E-state index is 0. The second kappa shape index (κ2) is 3.22. The summed E-state index contributed by atoms with van der Waals surface area (Å²) < 4.78 is 0. The van der Waals surface area contributed by atoms with Gasteiger partial charge in [0.2, 0.25) is 0 Å². The summed E-state index contributed by atoms with van der Waals surface area (Å²) in [5, 5.41) is 9.77. The first-order valence-electron chi connectivity index (χ1n) is 3.47. The van der Waals surface area contributed by atoms with Crippen LogP contribution >= 0.6 is 0 Å². The Bertz CT molecular complexity index is 227. The zero-order valence-electron chi connectivity index (χ0n) is 6.05. The van der Waals surface area contributed by atoms with Gasteiger partial charge in [0.1, 0.15) is 13.1 Å². The molecule has 0 spiro atoms. The Morgan fingerprint density at radius 2 is 1.55 bits per heavy atom. The molecule has 0 radical (unpaired) electrons. The second-order valence-corrected chi connectivity index (χ2v) is 2.69. The molecule has 1 aromatic rings. The first-order chi connectivity index (χ1) is 4.86. The third-order valence-corrected chi connectivity index (χ3v) is 1.91. The van der Waals surface area contributed by atoms with E-state index in [-0.39, 0.29) is 12.4 Å². The molecule has 1 aromatic carbocycles. The van der Waals surface area contributed by atoms with Gasteiger partial charge in [0, 0.05) is 11.1 Å². The third kappa shape index (κ3) is 1.53. The lowest BCUT2D eigenvalue weighted by Crippen LogP contribution is -3.04. The fourth-order valence-electron chi connectivity index (χ4n) is 1.40. The van der Waals surface area contributed by atoms with Crippen molar-refractivity contribution in [2.45, 2.75) is 13.1 Å². The molecule has 0 aliphatic carbocycles. The number of hydrogen-bond donors (Lipinski definition) is 2. The molecule has 1 heterocycles. The van der Waals surface area contributed by atoms with Crippen LogP contribution in [-0.4, -0.2) is 5.21 Å². The van der Waals surface area contributed by atoms with E-state index in [0.29, 0.717) is 5.06 Å².